The summed E-state index contributed by atoms with van der Waals surface area (Å²) in [6.45, 7) is 1.92. The van der Waals surface area contributed by atoms with Crippen LogP contribution < -0.4 is 0 Å². The predicted molar refractivity (Wildman–Crippen MR) is 79.1 cm³/mol. The normalized spacial score (nSPS) is 12.0. The number of hydrogen-bond donors (Lipinski definition) is 0. The Kier molecular flexibility index (Phi) is 3.40. The molecule has 0 aliphatic heterocycles. The fourth-order valence-electron chi connectivity index (χ4n) is 2.09. The van der Waals surface area contributed by atoms with Gasteiger partial charge >= 0.3 is 0 Å². The number of fused-ring (bicyclic) bond motifs is 1. The summed E-state index contributed by atoms with van der Waals surface area (Å²) in [6, 6.07) is 3.72. The minimum atomic E-state index is -3.46. The molecule has 114 valence electrons. The SMILES string of the molecule is CCc1ncc2cnn(-c3ccc(S(C)(=O)=O)cc3F)c2n1. The molecule has 6 nitrogen and oxygen atoms in total. The smallest absolute Gasteiger partial charge is 0.175 e. The van der Waals surface area contributed by atoms with Gasteiger partial charge in [0.2, 0.25) is 0 Å². The van der Waals surface area contributed by atoms with Crippen molar-refractivity contribution in [1.29, 1.82) is 0 Å². The summed E-state index contributed by atoms with van der Waals surface area (Å²) in [4.78, 5) is 8.44. The van der Waals surface area contributed by atoms with Crippen LogP contribution in [0.3, 0.4) is 0 Å². The van der Waals surface area contributed by atoms with E-state index in [1.165, 1.54) is 16.8 Å². The van der Waals surface area contributed by atoms with Crippen LogP contribution >= 0.6 is 0 Å². The average Bonchev–Trinajstić information content (AvgIpc) is 2.89. The molecule has 0 unspecified atom stereocenters. The van der Waals surface area contributed by atoms with Crippen LogP contribution in [0, 0.1) is 5.82 Å². The summed E-state index contributed by atoms with van der Waals surface area (Å²) in [7, 11) is -3.46. The highest BCUT2D eigenvalue weighted by atomic mass is 32.2. The van der Waals surface area contributed by atoms with E-state index < -0.39 is 15.7 Å². The number of nitrogens with zero attached hydrogens (tertiary/aromatic N) is 4. The maximum absolute atomic E-state index is 14.3. The van der Waals surface area contributed by atoms with E-state index in [1.54, 1.807) is 12.4 Å². The number of aryl methyl sites for hydroxylation is 1. The molecule has 8 heteroatoms. The molecule has 0 fully saturated rings. The van der Waals surface area contributed by atoms with E-state index in [-0.39, 0.29) is 10.6 Å². The standard InChI is InChI=1S/C14H13FN4O2S/c1-3-13-16-7-9-8-17-19(14(9)18-13)12-5-4-10(6-11(12)15)22(2,20)21/h4-8H,3H2,1-2H3. The molecule has 0 aliphatic rings. The van der Waals surface area contributed by atoms with Crippen molar-refractivity contribution >= 4 is 20.9 Å². The van der Waals surface area contributed by atoms with Crippen LogP contribution in [-0.4, -0.2) is 34.4 Å². The molecule has 22 heavy (non-hydrogen) atoms. The zero-order valence-electron chi connectivity index (χ0n) is 12.0. The fraction of sp³-hybridized carbons (Fsp3) is 0.214. The zero-order chi connectivity index (χ0) is 15.9. The van der Waals surface area contributed by atoms with Crippen LogP contribution in [0.5, 0.6) is 0 Å². The minimum Gasteiger partial charge on any atom is -0.241 e. The van der Waals surface area contributed by atoms with Gasteiger partial charge in [-0.15, -0.1) is 0 Å². The highest BCUT2D eigenvalue weighted by Gasteiger charge is 2.15. The quantitative estimate of drug-likeness (QED) is 0.737. The van der Waals surface area contributed by atoms with Crippen molar-refractivity contribution in [2.45, 2.75) is 18.2 Å². The summed E-state index contributed by atoms with van der Waals surface area (Å²) in [6.07, 6.45) is 4.86. The molecule has 0 spiro atoms. The molecule has 3 aromatic rings. The fourth-order valence-corrected chi connectivity index (χ4v) is 2.72. The highest BCUT2D eigenvalue weighted by molar-refractivity contribution is 7.90. The van der Waals surface area contributed by atoms with Crippen molar-refractivity contribution in [3.8, 4) is 5.69 Å². The lowest BCUT2D eigenvalue weighted by molar-refractivity contribution is 0.592. The van der Waals surface area contributed by atoms with Crippen LogP contribution in [0.25, 0.3) is 16.7 Å². The molecule has 0 N–H and O–H groups in total. The Morgan fingerprint density at radius 3 is 2.68 bits per heavy atom. The third-order valence-electron chi connectivity index (χ3n) is 3.25. The van der Waals surface area contributed by atoms with Gasteiger partial charge in [-0.3, -0.25) is 0 Å². The van der Waals surface area contributed by atoms with Gasteiger partial charge in [0.25, 0.3) is 0 Å². The van der Waals surface area contributed by atoms with Gasteiger partial charge in [-0.25, -0.2) is 27.5 Å². The van der Waals surface area contributed by atoms with Crippen molar-refractivity contribution in [3.63, 3.8) is 0 Å². The van der Waals surface area contributed by atoms with Crippen molar-refractivity contribution in [3.05, 3.63) is 42.2 Å². The van der Waals surface area contributed by atoms with Crippen LogP contribution in [0.15, 0.2) is 35.5 Å². The second-order valence-electron chi connectivity index (χ2n) is 4.86. The molecule has 0 radical (unpaired) electrons. The Hall–Kier alpha value is -2.35. The van der Waals surface area contributed by atoms with Gasteiger partial charge in [-0.05, 0) is 18.2 Å². The number of halogens is 1. The maximum atomic E-state index is 14.3. The summed E-state index contributed by atoms with van der Waals surface area (Å²) in [5.74, 6) is -0.0491. The molecule has 0 aliphatic carbocycles. The summed E-state index contributed by atoms with van der Waals surface area (Å²) in [5, 5.41) is 4.80. The summed E-state index contributed by atoms with van der Waals surface area (Å²) < 4.78 is 38.6. The topological polar surface area (TPSA) is 77.7 Å². The largest absolute Gasteiger partial charge is 0.241 e. The first-order valence-corrected chi connectivity index (χ1v) is 8.49. The number of hydrogen-bond acceptors (Lipinski definition) is 5. The molecule has 3 rings (SSSR count). The third kappa shape index (κ3) is 2.45. The van der Waals surface area contributed by atoms with Crippen LogP contribution in [-0.2, 0) is 16.3 Å². The van der Waals surface area contributed by atoms with E-state index in [4.69, 9.17) is 0 Å². The van der Waals surface area contributed by atoms with Gasteiger partial charge in [0.1, 0.15) is 17.3 Å². The molecule has 0 atom stereocenters. The van der Waals surface area contributed by atoms with E-state index in [2.05, 4.69) is 15.1 Å². The van der Waals surface area contributed by atoms with Gasteiger partial charge in [-0.1, -0.05) is 6.92 Å². The number of sulfone groups is 1. The van der Waals surface area contributed by atoms with E-state index in [1.807, 2.05) is 6.92 Å². The maximum Gasteiger partial charge on any atom is 0.175 e. The third-order valence-corrected chi connectivity index (χ3v) is 4.36. The molecule has 0 amide bonds. The Labute approximate surface area is 126 Å². The summed E-state index contributed by atoms with van der Waals surface area (Å²) >= 11 is 0. The first kappa shape index (κ1) is 14.6. The average molecular weight is 320 g/mol. The van der Waals surface area contributed by atoms with Gasteiger partial charge in [0.05, 0.1) is 16.5 Å². The van der Waals surface area contributed by atoms with E-state index in [0.29, 0.717) is 23.3 Å². The zero-order valence-corrected chi connectivity index (χ0v) is 12.8. The lowest BCUT2D eigenvalue weighted by Crippen LogP contribution is -2.05. The van der Waals surface area contributed by atoms with Crippen molar-refractivity contribution in [2.24, 2.45) is 0 Å². The molecule has 2 heterocycles. The summed E-state index contributed by atoms with van der Waals surface area (Å²) in [5.41, 5.74) is 0.626. The van der Waals surface area contributed by atoms with Gasteiger partial charge in [0, 0.05) is 18.9 Å². The number of benzene rings is 1. The molecule has 1 aromatic carbocycles. The first-order chi connectivity index (χ1) is 10.4. The Bertz CT molecular complexity index is 966. The second kappa shape index (κ2) is 5.13. The van der Waals surface area contributed by atoms with Crippen molar-refractivity contribution < 1.29 is 12.8 Å². The van der Waals surface area contributed by atoms with Gasteiger partial charge < -0.3 is 0 Å². The van der Waals surface area contributed by atoms with E-state index in [9.17, 15) is 12.8 Å². The van der Waals surface area contributed by atoms with E-state index in [0.717, 1.165) is 12.3 Å². The molecular weight excluding hydrogens is 307 g/mol. The highest BCUT2D eigenvalue weighted by Crippen LogP contribution is 2.21. The Balaban J connectivity index is 2.19. The second-order valence-corrected chi connectivity index (χ2v) is 6.88. The number of aromatic nitrogens is 4. The molecule has 0 bridgehead atoms. The Morgan fingerprint density at radius 2 is 2.05 bits per heavy atom. The lowest BCUT2D eigenvalue weighted by atomic mass is 10.3. The van der Waals surface area contributed by atoms with Crippen LogP contribution in [0.1, 0.15) is 12.7 Å². The minimum absolute atomic E-state index is 0.0749. The molecule has 0 saturated carbocycles. The molecular formula is C14H13FN4O2S. The monoisotopic (exact) mass is 320 g/mol. The van der Waals surface area contributed by atoms with Crippen molar-refractivity contribution in [2.75, 3.05) is 6.26 Å². The first-order valence-electron chi connectivity index (χ1n) is 6.60. The molecule has 2 aromatic heterocycles. The molecule has 0 saturated heterocycles. The predicted octanol–water partition coefficient (Wildman–Crippen LogP) is 1.92. The number of rotatable bonds is 3. The van der Waals surface area contributed by atoms with Crippen molar-refractivity contribution in [1.82, 2.24) is 19.7 Å². The Morgan fingerprint density at radius 1 is 1.27 bits per heavy atom. The lowest BCUT2D eigenvalue weighted by Gasteiger charge is -2.06. The van der Waals surface area contributed by atoms with Gasteiger partial charge in [-0.2, -0.15) is 5.10 Å². The van der Waals surface area contributed by atoms with E-state index >= 15 is 0 Å². The van der Waals surface area contributed by atoms with Crippen LogP contribution in [0.2, 0.25) is 0 Å². The van der Waals surface area contributed by atoms with Gasteiger partial charge in [0.15, 0.2) is 15.5 Å². The van der Waals surface area contributed by atoms with Crippen LogP contribution in [0.4, 0.5) is 4.39 Å².